The van der Waals surface area contributed by atoms with Crippen LogP contribution >= 0.6 is 0 Å². The van der Waals surface area contributed by atoms with E-state index in [4.69, 9.17) is 0 Å². The summed E-state index contributed by atoms with van der Waals surface area (Å²) in [5.74, 6) is 2.75. The molecule has 0 aliphatic carbocycles. The molecule has 0 amide bonds. The third-order valence-electron chi connectivity index (χ3n) is 3.45. The van der Waals surface area contributed by atoms with Gasteiger partial charge in [-0.1, -0.05) is 37.3 Å². The van der Waals surface area contributed by atoms with E-state index in [0.29, 0.717) is 0 Å². The summed E-state index contributed by atoms with van der Waals surface area (Å²) in [6.07, 6.45) is 2.94. The normalized spacial score (nSPS) is 10.4. The van der Waals surface area contributed by atoms with Crippen LogP contribution in [0.2, 0.25) is 0 Å². The highest BCUT2D eigenvalue weighted by molar-refractivity contribution is 5.57. The molecule has 21 heavy (non-hydrogen) atoms. The van der Waals surface area contributed by atoms with Gasteiger partial charge in [-0.3, -0.25) is 0 Å². The van der Waals surface area contributed by atoms with Crippen LogP contribution in [-0.2, 0) is 12.8 Å². The summed E-state index contributed by atoms with van der Waals surface area (Å²) >= 11 is 0. The Hall–Kier alpha value is -2.10. The fraction of sp³-hybridized carbons (Fsp3) is 0.412. The predicted octanol–water partition coefficient (Wildman–Crippen LogP) is 3.43. The summed E-state index contributed by atoms with van der Waals surface area (Å²) in [6.45, 7) is 5.06. The van der Waals surface area contributed by atoms with Crippen molar-refractivity contribution in [3.8, 4) is 0 Å². The summed E-state index contributed by atoms with van der Waals surface area (Å²) in [4.78, 5) is 9.18. The van der Waals surface area contributed by atoms with E-state index in [0.717, 1.165) is 48.8 Å². The lowest BCUT2D eigenvalue weighted by atomic mass is 10.1. The molecule has 1 aromatic carbocycles. The molecule has 0 bridgehead atoms. The Morgan fingerprint density at radius 2 is 1.71 bits per heavy atom. The number of aryl methyl sites for hydroxylation is 1. The highest BCUT2D eigenvalue weighted by Crippen LogP contribution is 2.20. The van der Waals surface area contributed by atoms with Crippen molar-refractivity contribution >= 4 is 11.6 Å². The molecule has 1 heterocycles. The maximum absolute atomic E-state index is 4.64. The van der Waals surface area contributed by atoms with E-state index >= 15 is 0 Å². The summed E-state index contributed by atoms with van der Waals surface area (Å²) in [5.41, 5.74) is 2.41. The van der Waals surface area contributed by atoms with Crippen LogP contribution in [0.5, 0.6) is 0 Å². The third kappa shape index (κ3) is 4.18. The fourth-order valence-corrected chi connectivity index (χ4v) is 2.28. The second-order valence-corrected chi connectivity index (χ2v) is 5.12. The zero-order valence-corrected chi connectivity index (χ0v) is 13.1. The minimum atomic E-state index is 0.872. The topological polar surface area (TPSA) is 49.8 Å². The van der Waals surface area contributed by atoms with Crippen LogP contribution in [0, 0.1) is 6.92 Å². The van der Waals surface area contributed by atoms with Crippen molar-refractivity contribution in [3.63, 3.8) is 0 Å². The SMILES string of the molecule is CCCc1nc(NC)c(C)c(NCCc2ccccc2)n1. The number of nitrogens with zero attached hydrogens (tertiary/aromatic N) is 2. The highest BCUT2D eigenvalue weighted by atomic mass is 15.1. The van der Waals surface area contributed by atoms with Crippen molar-refractivity contribution in [1.82, 2.24) is 9.97 Å². The van der Waals surface area contributed by atoms with Crippen LogP contribution in [0.1, 0.15) is 30.3 Å². The largest absolute Gasteiger partial charge is 0.373 e. The second kappa shape index (κ2) is 7.62. The molecule has 2 N–H and O–H groups in total. The Morgan fingerprint density at radius 3 is 2.38 bits per heavy atom. The quantitative estimate of drug-likeness (QED) is 0.818. The van der Waals surface area contributed by atoms with E-state index in [1.807, 2.05) is 20.0 Å². The van der Waals surface area contributed by atoms with Gasteiger partial charge in [0.2, 0.25) is 0 Å². The van der Waals surface area contributed by atoms with Crippen LogP contribution in [-0.4, -0.2) is 23.6 Å². The molecular weight excluding hydrogens is 260 g/mol. The van der Waals surface area contributed by atoms with Gasteiger partial charge >= 0.3 is 0 Å². The van der Waals surface area contributed by atoms with Crippen LogP contribution in [0.4, 0.5) is 11.6 Å². The van der Waals surface area contributed by atoms with Gasteiger partial charge in [0.15, 0.2) is 0 Å². The van der Waals surface area contributed by atoms with Crippen molar-refractivity contribution < 1.29 is 0 Å². The first-order chi connectivity index (χ1) is 10.2. The Morgan fingerprint density at radius 1 is 1.00 bits per heavy atom. The lowest BCUT2D eigenvalue weighted by Gasteiger charge is -2.13. The molecule has 1 aromatic heterocycles. The maximum atomic E-state index is 4.64. The highest BCUT2D eigenvalue weighted by Gasteiger charge is 2.09. The minimum absolute atomic E-state index is 0.872. The van der Waals surface area contributed by atoms with E-state index in [-0.39, 0.29) is 0 Å². The minimum Gasteiger partial charge on any atom is -0.373 e. The van der Waals surface area contributed by atoms with Gasteiger partial charge < -0.3 is 10.6 Å². The number of nitrogens with one attached hydrogen (secondary N) is 2. The maximum Gasteiger partial charge on any atom is 0.134 e. The number of hydrogen-bond acceptors (Lipinski definition) is 4. The van der Waals surface area contributed by atoms with Crippen molar-refractivity contribution in [2.75, 3.05) is 24.2 Å². The molecule has 0 saturated heterocycles. The first-order valence-electron chi connectivity index (χ1n) is 7.57. The van der Waals surface area contributed by atoms with Gasteiger partial charge in [0.25, 0.3) is 0 Å². The molecule has 112 valence electrons. The molecule has 4 heteroatoms. The molecular formula is C17H24N4. The average molecular weight is 284 g/mol. The molecule has 0 radical (unpaired) electrons. The lowest BCUT2D eigenvalue weighted by Crippen LogP contribution is -2.12. The number of benzene rings is 1. The average Bonchev–Trinajstić information content (AvgIpc) is 2.51. The fourth-order valence-electron chi connectivity index (χ4n) is 2.28. The van der Waals surface area contributed by atoms with Crippen molar-refractivity contribution in [3.05, 3.63) is 47.3 Å². The van der Waals surface area contributed by atoms with E-state index in [1.54, 1.807) is 0 Å². The van der Waals surface area contributed by atoms with Gasteiger partial charge in [0.05, 0.1) is 0 Å². The third-order valence-corrected chi connectivity index (χ3v) is 3.45. The van der Waals surface area contributed by atoms with Crippen molar-refractivity contribution in [2.45, 2.75) is 33.1 Å². The molecule has 0 atom stereocenters. The van der Waals surface area contributed by atoms with E-state index < -0.39 is 0 Å². The standard InChI is InChI=1S/C17H24N4/c1-4-8-15-20-16(18-3)13(2)17(21-15)19-12-11-14-9-6-5-7-10-14/h5-7,9-10H,4,8,11-12H2,1-3H3,(H2,18,19,20,21). The first kappa shape index (κ1) is 15.3. The summed E-state index contributed by atoms with van der Waals surface area (Å²) in [6, 6.07) is 10.5. The molecule has 0 fully saturated rings. The monoisotopic (exact) mass is 284 g/mol. The number of aromatic nitrogens is 2. The van der Waals surface area contributed by atoms with Gasteiger partial charge in [-0.25, -0.2) is 9.97 Å². The Bertz CT molecular complexity index is 567. The first-order valence-corrected chi connectivity index (χ1v) is 7.57. The molecule has 2 aromatic rings. The lowest BCUT2D eigenvalue weighted by molar-refractivity contribution is 0.830. The predicted molar refractivity (Wildman–Crippen MR) is 88.9 cm³/mol. The zero-order chi connectivity index (χ0) is 15.1. The second-order valence-electron chi connectivity index (χ2n) is 5.12. The molecule has 0 saturated carbocycles. The Kier molecular flexibility index (Phi) is 5.55. The van der Waals surface area contributed by atoms with Crippen molar-refractivity contribution in [1.29, 1.82) is 0 Å². The number of rotatable bonds is 7. The van der Waals surface area contributed by atoms with Crippen LogP contribution in [0.25, 0.3) is 0 Å². The molecule has 0 aliphatic rings. The molecule has 2 rings (SSSR count). The van der Waals surface area contributed by atoms with Crippen LogP contribution in [0.3, 0.4) is 0 Å². The van der Waals surface area contributed by atoms with Gasteiger partial charge in [0.1, 0.15) is 17.5 Å². The zero-order valence-electron chi connectivity index (χ0n) is 13.1. The molecule has 4 nitrogen and oxygen atoms in total. The van der Waals surface area contributed by atoms with Gasteiger partial charge in [-0.15, -0.1) is 0 Å². The van der Waals surface area contributed by atoms with Crippen molar-refractivity contribution in [2.24, 2.45) is 0 Å². The van der Waals surface area contributed by atoms with E-state index in [2.05, 4.69) is 51.8 Å². The molecule has 0 unspecified atom stereocenters. The molecule has 0 aliphatic heterocycles. The smallest absolute Gasteiger partial charge is 0.134 e. The van der Waals surface area contributed by atoms with Gasteiger partial charge in [-0.2, -0.15) is 0 Å². The van der Waals surface area contributed by atoms with Crippen LogP contribution < -0.4 is 10.6 Å². The van der Waals surface area contributed by atoms with Gasteiger partial charge in [-0.05, 0) is 25.3 Å². The van der Waals surface area contributed by atoms with Gasteiger partial charge in [0, 0.05) is 25.6 Å². The van der Waals surface area contributed by atoms with E-state index in [9.17, 15) is 0 Å². The summed E-state index contributed by atoms with van der Waals surface area (Å²) in [5, 5.41) is 6.60. The summed E-state index contributed by atoms with van der Waals surface area (Å²) in [7, 11) is 1.90. The van der Waals surface area contributed by atoms with E-state index in [1.165, 1.54) is 5.56 Å². The molecule has 0 spiro atoms. The van der Waals surface area contributed by atoms with Crippen LogP contribution in [0.15, 0.2) is 30.3 Å². The Labute approximate surface area is 127 Å². The Balaban J connectivity index is 2.06. The number of hydrogen-bond donors (Lipinski definition) is 2. The summed E-state index contributed by atoms with van der Waals surface area (Å²) < 4.78 is 0. The number of anilines is 2.